The van der Waals surface area contributed by atoms with E-state index >= 15 is 0 Å². The lowest BCUT2D eigenvalue weighted by molar-refractivity contribution is -0.126. The molecule has 2 aliphatic heterocycles. The number of esters is 1. The van der Waals surface area contributed by atoms with Crippen molar-refractivity contribution in [3.63, 3.8) is 0 Å². The zero-order chi connectivity index (χ0) is 23.4. The van der Waals surface area contributed by atoms with Crippen molar-refractivity contribution in [2.24, 2.45) is 5.92 Å². The predicted octanol–water partition coefficient (Wildman–Crippen LogP) is 2.24. The fourth-order valence-electron chi connectivity index (χ4n) is 4.32. The number of ether oxygens (including phenoxy) is 1. The van der Waals surface area contributed by atoms with E-state index in [0.29, 0.717) is 19.4 Å². The number of nitrogens with one attached hydrogen (secondary N) is 1. The van der Waals surface area contributed by atoms with Gasteiger partial charge in [0.25, 0.3) is 10.0 Å². The van der Waals surface area contributed by atoms with Gasteiger partial charge >= 0.3 is 5.97 Å². The SMILES string of the molecule is CCOC(=O)c1ccc(S(=O)(=O)N2CCC(C(=O)NCC(C)(C)N3CCCCC3)CC2)o1. The third-order valence-corrected chi connectivity index (χ3v) is 8.16. The molecule has 2 aliphatic rings. The highest BCUT2D eigenvalue weighted by Crippen LogP contribution is 2.26. The molecule has 3 heterocycles. The van der Waals surface area contributed by atoms with Gasteiger partial charge in [-0.05, 0) is 71.7 Å². The van der Waals surface area contributed by atoms with Crippen LogP contribution >= 0.6 is 0 Å². The molecule has 2 fully saturated rings. The van der Waals surface area contributed by atoms with Crippen molar-refractivity contribution < 1.29 is 27.2 Å². The van der Waals surface area contributed by atoms with Crippen molar-refractivity contribution in [2.75, 3.05) is 39.3 Å². The van der Waals surface area contributed by atoms with Gasteiger partial charge in [-0.2, -0.15) is 4.31 Å². The summed E-state index contributed by atoms with van der Waals surface area (Å²) >= 11 is 0. The van der Waals surface area contributed by atoms with E-state index in [9.17, 15) is 18.0 Å². The topological polar surface area (TPSA) is 109 Å². The van der Waals surface area contributed by atoms with E-state index in [2.05, 4.69) is 24.1 Å². The van der Waals surface area contributed by atoms with Gasteiger partial charge in [0.05, 0.1) is 6.61 Å². The van der Waals surface area contributed by atoms with Crippen molar-refractivity contribution in [2.45, 2.75) is 63.5 Å². The molecule has 0 aromatic carbocycles. The van der Waals surface area contributed by atoms with Crippen LogP contribution in [0.1, 0.15) is 63.4 Å². The van der Waals surface area contributed by atoms with Crippen molar-refractivity contribution >= 4 is 21.9 Å². The van der Waals surface area contributed by atoms with Gasteiger partial charge in [-0.15, -0.1) is 0 Å². The Morgan fingerprint density at radius 3 is 2.41 bits per heavy atom. The van der Waals surface area contributed by atoms with Crippen LogP contribution in [0.15, 0.2) is 21.6 Å². The minimum atomic E-state index is -3.87. The van der Waals surface area contributed by atoms with Crippen LogP contribution in [0.4, 0.5) is 0 Å². The lowest BCUT2D eigenvalue weighted by Gasteiger charge is -2.41. The molecule has 0 saturated carbocycles. The highest BCUT2D eigenvalue weighted by atomic mass is 32.2. The van der Waals surface area contributed by atoms with E-state index in [0.717, 1.165) is 13.1 Å². The lowest BCUT2D eigenvalue weighted by atomic mass is 9.95. The van der Waals surface area contributed by atoms with Crippen LogP contribution in [0.5, 0.6) is 0 Å². The smallest absolute Gasteiger partial charge is 0.374 e. The molecule has 9 nitrogen and oxygen atoms in total. The average Bonchev–Trinajstić information content (AvgIpc) is 3.30. The van der Waals surface area contributed by atoms with Crippen LogP contribution in [0.25, 0.3) is 0 Å². The Kier molecular flexibility index (Phi) is 8.00. The van der Waals surface area contributed by atoms with Gasteiger partial charge in [0, 0.05) is 31.1 Å². The maximum Gasteiger partial charge on any atom is 0.374 e. The molecule has 10 heteroatoms. The van der Waals surface area contributed by atoms with Crippen LogP contribution in [-0.4, -0.2) is 74.4 Å². The average molecular weight is 470 g/mol. The van der Waals surface area contributed by atoms with E-state index in [1.165, 1.54) is 35.7 Å². The van der Waals surface area contributed by atoms with E-state index in [-0.39, 0.29) is 47.9 Å². The number of carbonyl (C=O) groups is 2. The first-order chi connectivity index (χ1) is 15.1. The quantitative estimate of drug-likeness (QED) is 0.582. The van der Waals surface area contributed by atoms with E-state index in [1.807, 2.05) is 0 Å². The normalized spacial score (nSPS) is 19.6. The van der Waals surface area contributed by atoms with Gasteiger partial charge < -0.3 is 14.5 Å². The highest BCUT2D eigenvalue weighted by molar-refractivity contribution is 7.89. The number of hydrogen-bond acceptors (Lipinski definition) is 7. The molecular formula is C22H35N3O6S. The molecule has 2 saturated heterocycles. The molecule has 0 aliphatic carbocycles. The molecule has 0 spiro atoms. The Labute approximate surface area is 190 Å². The van der Waals surface area contributed by atoms with Crippen LogP contribution in [0, 0.1) is 5.92 Å². The molecule has 32 heavy (non-hydrogen) atoms. The fourth-order valence-corrected chi connectivity index (χ4v) is 5.70. The summed E-state index contributed by atoms with van der Waals surface area (Å²) in [6, 6.07) is 2.57. The van der Waals surface area contributed by atoms with Gasteiger partial charge in [0.2, 0.25) is 16.8 Å². The number of amides is 1. The van der Waals surface area contributed by atoms with E-state index < -0.39 is 16.0 Å². The number of likely N-dealkylation sites (tertiary alicyclic amines) is 1. The second-order valence-electron chi connectivity index (χ2n) is 9.10. The number of sulfonamides is 1. The first kappa shape index (κ1) is 24.7. The van der Waals surface area contributed by atoms with Gasteiger partial charge in [-0.1, -0.05) is 6.42 Å². The summed E-state index contributed by atoms with van der Waals surface area (Å²) in [4.78, 5) is 26.9. The molecule has 180 valence electrons. The minimum Gasteiger partial charge on any atom is -0.460 e. The Morgan fingerprint density at radius 2 is 1.78 bits per heavy atom. The van der Waals surface area contributed by atoms with E-state index in [4.69, 9.17) is 9.15 Å². The molecular weight excluding hydrogens is 434 g/mol. The van der Waals surface area contributed by atoms with Gasteiger partial charge in [0.15, 0.2) is 0 Å². The lowest BCUT2D eigenvalue weighted by Crippen LogP contribution is -2.54. The number of rotatable bonds is 8. The van der Waals surface area contributed by atoms with Crippen molar-refractivity contribution in [1.82, 2.24) is 14.5 Å². The third kappa shape index (κ3) is 5.71. The second-order valence-corrected chi connectivity index (χ2v) is 11.0. The Bertz CT molecular complexity index is 897. The van der Waals surface area contributed by atoms with Gasteiger partial charge in [0.1, 0.15) is 0 Å². The molecule has 0 atom stereocenters. The standard InChI is InChI=1S/C22H35N3O6S/c1-4-30-21(27)18-8-9-19(31-18)32(28,29)25-14-10-17(11-15-25)20(26)23-16-22(2,3)24-12-6-5-7-13-24/h8-9,17H,4-7,10-16H2,1-3H3,(H,23,26). The molecule has 0 unspecified atom stereocenters. The van der Waals surface area contributed by atoms with Crippen LogP contribution < -0.4 is 5.32 Å². The van der Waals surface area contributed by atoms with Crippen molar-refractivity contribution in [1.29, 1.82) is 0 Å². The maximum atomic E-state index is 12.9. The third-order valence-electron chi connectivity index (χ3n) is 6.38. The second kappa shape index (κ2) is 10.4. The zero-order valence-corrected chi connectivity index (χ0v) is 20.1. The minimum absolute atomic E-state index is 0.0188. The van der Waals surface area contributed by atoms with Crippen molar-refractivity contribution in [3.05, 3.63) is 17.9 Å². The summed E-state index contributed by atoms with van der Waals surface area (Å²) in [7, 11) is -3.87. The number of piperidine rings is 2. The Balaban J connectivity index is 1.51. The Hall–Kier alpha value is -1.91. The monoisotopic (exact) mass is 469 g/mol. The molecule has 1 amide bonds. The van der Waals surface area contributed by atoms with Crippen molar-refractivity contribution in [3.8, 4) is 0 Å². The summed E-state index contributed by atoms with van der Waals surface area (Å²) in [5.41, 5.74) is -0.101. The molecule has 1 N–H and O–H groups in total. The molecule has 1 aromatic rings. The summed E-state index contributed by atoms with van der Waals surface area (Å²) in [6.07, 6.45) is 4.55. The first-order valence-corrected chi connectivity index (χ1v) is 12.9. The molecule has 1 aromatic heterocycles. The van der Waals surface area contributed by atoms with Crippen LogP contribution in [0.3, 0.4) is 0 Å². The van der Waals surface area contributed by atoms with E-state index in [1.54, 1.807) is 6.92 Å². The van der Waals surface area contributed by atoms with Gasteiger partial charge in [-0.3, -0.25) is 9.69 Å². The number of furan rings is 1. The number of hydrogen-bond donors (Lipinski definition) is 1. The highest BCUT2D eigenvalue weighted by Gasteiger charge is 2.35. The maximum absolute atomic E-state index is 12.9. The molecule has 0 bridgehead atoms. The fraction of sp³-hybridized carbons (Fsp3) is 0.727. The number of nitrogens with zero attached hydrogens (tertiary/aromatic N) is 2. The first-order valence-electron chi connectivity index (χ1n) is 11.4. The van der Waals surface area contributed by atoms with Crippen LogP contribution in [-0.2, 0) is 19.6 Å². The summed E-state index contributed by atoms with van der Waals surface area (Å²) < 4.78 is 37.1. The summed E-state index contributed by atoms with van der Waals surface area (Å²) in [5.74, 6) is -1.08. The van der Waals surface area contributed by atoms with Gasteiger partial charge in [-0.25, -0.2) is 13.2 Å². The summed E-state index contributed by atoms with van der Waals surface area (Å²) in [5, 5.41) is 2.80. The summed E-state index contributed by atoms with van der Waals surface area (Å²) in [6.45, 7) is 9.29. The zero-order valence-electron chi connectivity index (χ0n) is 19.3. The Morgan fingerprint density at radius 1 is 1.12 bits per heavy atom. The predicted molar refractivity (Wildman–Crippen MR) is 119 cm³/mol. The molecule has 0 radical (unpaired) electrons. The molecule has 3 rings (SSSR count). The largest absolute Gasteiger partial charge is 0.460 e. The number of carbonyl (C=O) groups excluding carboxylic acids is 2. The van der Waals surface area contributed by atoms with Crippen LogP contribution in [0.2, 0.25) is 0 Å².